The number of Topliss-reactive ketones (excluding diaryl/α,β-unsaturated/α-hetero) is 1. The fourth-order valence-corrected chi connectivity index (χ4v) is 3.83. The van der Waals surface area contributed by atoms with Gasteiger partial charge in [-0.25, -0.2) is 4.79 Å². The quantitative estimate of drug-likeness (QED) is 0.270. The third-order valence-corrected chi connectivity index (χ3v) is 5.48. The number of carbonyl (C=O) groups is 2. The third-order valence-electron chi connectivity index (χ3n) is 5.48. The molecule has 1 aliphatic rings. The standard InChI is InChI=1S/C26H20N2O5/c1-16-27-25(28-33-16)15-31-21-10-8-17(9-11-21)26(30)32-14-24(29)20-7-6-19-12-18-4-2-3-5-22(18)23(19)13-20/h2-11,13H,12,14-15H2,1H3. The molecule has 0 aliphatic heterocycles. The van der Waals surface area contributed by atoms with Crippen LogP contribution in [0, 0.1) is 6.92 Å². The first-order valence-electron chi connectivity index (χ1n) is 10.5. The highest BCUT2D eigenvalue weighted by Gasteiger charge is 2.20. The van der Waals surface area contributed by atoms with Crippen molar-refractivity contribution in [2.45, 2.75) is 20.0 Å². The number of nitrogens with zero attached hydrogens (tertiary/aromatic N) is 2. The van der Waals surface area contributed by atoms with Crippen LogP contribution < -0.4 is 4.74 Å². The molecule has 4 aromatic rings. The Labute approximate surface area is 190 Å². The van der Waals surface area contributed by atoms with Gasteiger partial charge in [0.1, 0.15) is 5.75 Å². The molecule has 3 aromatic carbocycles. The van der Waals surface area contributed by atoms with Crippen molar-refractivity contribution >= 4 is 11.8 Å². The van der Waals surface area contributed by atoms with Crippen LogP contribution in [0.2, 0.25) is 0 Å². The first-order chi connectivity index (χ1) is 16.1. The van der Waals surface area contributed by atoms with E-state index in [0.29, 0.717) is 28.6 Å². The highest BCUT2D eigenvalue weighted by atomic mass is 16.5. The molecule has 5 rings (SSSR count). The van der Waals surface area contributed by atoms with E-state index in [1.165, 1.54) is 11.1 Å². The van der Waals surface area contributed by atoms with E-state index in [0.717, 1.165) is 17.5 Å². The van der Waals surface area contributed by atoms with Gasteiger partial charge in [-0.05, 0) is 59.0 Å². The van der Waals surface area contributed by atoms with E-state index in [4.69, 9.17) is 14.0 Å². The molecule has 7 nitrogen and oxygen atoms in total. The zero-order valence-corrected chi connectivity index (χ0v) is 17.9. The number of fused-ring (bicyclic) bond motifs is 3. The van der Waals surface area contributed by atoms with E-state index < -0.39 is 5.97 Å². The highest BCUT2D eigenvalue weighted by Crippen LogP contribution is 2.36. The van der Waals surface area contributed by atoms with Crippen LogP contribution in [0.5, 0.6) is 5.75 Å². The SMILES string of the molecule is Cc1nc(COc2ccc(C(=O)OCC(=O)c3ccc4c(c3)-c3ccccc3C4)cc2)no1. The van der Waals surface area contributed by atoms with E-state index in [1.54, 1.807) is 37.3 Å². The molecule has 0 saturated heterocycles. The zero-order chi connectivity index (χ0) is 22.8. The lowest BCUT2D eigenvalue weighted by Gasteiger charge is -2.08. The molecule has 0 fully saturated rings. The predicted molar refractivity (Wildman–Crippen MR) is 119 cm³/mol. The van der Waals surface area contributed by atoms with Gasteiger partial charge >= 0.3 is 5.97 Å². The van der Waals surface area contributed by atoms with E-state index in [-0.39, 0.29) is 19.0 Å². The molecule has 0 unspecified atom stereocenters. The summed E-state index contributed by atoms with van der Waals surface area (Å²) in [7, 11) is 0. The number of rotatable bonds is 7. The number of aryl methyl sites for hydroxylation is 1. The van der Waals surface area contributed by atoms with Gasteiger partial charge in [0.05, 0.1) is 5.56 Å². The molecule has 33 heavy (non-hydrogen) atoms. The molecule has 7 heteroatoms. The molecule has 0 radical (unpaired) electrons. The van der Waals surface area contributed by atoms with Crippen molar-refractivity contribution < 1.29 is 23.6 Å². The zero-order valence-electron chi connectivity index (χ0n) is 17.9. The summed E-state index contributed by atoms with van der Waals surface area (Å²) in [5.74, 6) is 0.625. The minimum atomic E-state index is -0.574. The normalized spacial score (nSPS) is 11.5. The van der Waals surface area contributed by atoms with Crippen molar-refractivity contribution in [1.29, 1.82) is 0 Å². The van der Waals surface area contributed by atoms with Crippen LogP contribution in [0.1, 0.15) is 43.6 Å². The van der Waals surface area contributed by atoms with Crippen molar-refractivity contribution in [3.63, 3.8) is 0 Å². The van der Waals surface area contributed by atoms with Crippen LogP contribution in [-0.4, -0.2) is 28.5 Å². The van der Waals surface area contributed by atoms with Gasteiger partial charge in [-0.1, -0.05) is 41.6 Å². The second-order valence-electron chi connectivity index (χ2n) is 7.75. The number of benzene rings is 3. The van der Waals surface area contributed by atoms with Crippen LogP contribution in [-0.2, 0) is 17.8 Å². The molecule has 0 bridgehead atoms. The second kappa shape index (κ2) is 8.70. The summed E-state index contributed by atoms with van der Waals surface area (Å²) in [6, 6.07) is 20.3. The molecular weight excluding hydrogens is 420 g/mol. The summed E-state index contributed by atoms with van der Waals surface area (Å²) < 4.78 is 15.7. The Bertz CT molecular complexity index is 1340. The number of ether oxygens (including phenoxy) is 2. The van der Waals surface area contributed by atoms with Gasteiger partial charge in [0, 0.05) is 12.5 Å². The fraction of sp³-hybridized carbons (Fsp3) is 0.154. The minimum absolute atomic E-state index is 0.154. The van der Waals surface area contributed by atoms with E-state index in [2.05, 4.69) is 22.3 Å². The predicted octanol–water partition coefficient (Wildman–Crippen LogP) is 4.57. The molecule has 0 amide bonds. The van der Waals surface area contributed by atoms with Crippen molar-refractivity contribution in [2.75, 3.05) is 6.61 Å². The number of ketones is 1. The smallest absolute Gasteiger partial charge is 0.338 e. The molecule has 0 atom stereocenters. The van der Waals surface area contributed by atoms with Gasteiger partial charge in [-0.15, -0.1) is 0 Å². The van der Waals surface area contributed by atoms with Crippen LogP contribution in [0.25, 0.3) is 11.1 Å². The fourth-order valence-electron chi connectivity index (χ4n) is 3.83. The van der Waals surface area contributed by atoms with Gasteiger partial charge in [-0.3, -0.25) is 4.79 Å². The molecule has 0 spiro atoms. The second-order valence-corrected chi connectivity index (χ2v) is 7.75. The summed E-state index contributed by atoms with van der Waals surface area (Å²) in [4.78, 5) is 29.1. The molecular formula is C26H20N2O5. The highest BCUT2D eigenvalue weighted by molar-refractivity contribution is 6.00. The maximum atomic E-state index is 12.7. The topological polar surface area (TPSA) is 91.5 Å². The van der Waals surface area contributed by atoms with Crippen LogP contribution in [0.3, 0.4) is 0 Å². The van der Waals surface area contributed by atoms with Crippen molar-refractivity contribution in [2.24, 2.45) is 0 Å². The van der Waals surface area contributed by atoms with Crippen LogP contribution >= 0.6 is 0 Å². The third kappa shape index (κ3) is 4.39. The van der Waals surface area contributed by atoms with Crippen molar-refractivity contribution in [3.05, 3.63) is 101 Å². The van der Waals surface area contributed by atoms with E-state index in [9.17, 15) is 9.59 Å². The van der Waals surface area contributed by atoms with Gasteiger partial charge in [0.2, 0.25) is 11.7 Å². The Morgan fingerprint density at radius 1 is 0.939 bits per heavy atom. The number of carbonyl (C=O) groups excluding carboxylic acids is 2. The van der Waals surface area contributed by atoms with Gasteiger partial charge in [0.15, 0.2) is 19.0 Å². The molecule has 1 aromatic heterocycles. The maximum absolute atomic E-state index is 12.7. The average molecular weight is 440 g/mol. The maximum Gasteiger partial charge on any atom is 0.338 e. The number of aromatic nitrogens is 2. The van der Waals surface area contributed by atoms with Gasteiger partial charge in [0.25, 0.3) is 0 Å². The van der Waals surface area contributed by atoms with Crippen molar-refractivity contribution in [1.82, 2.24) is 10.1 Å². The van der Waals surface area contributed by atoms with Crippen molar-refractivity contribution in [3.8, 4) is 16.9 Å². The molecule has 0 saturated carbocycles. The summed E-state index contributed by atoms with van der Waals surface area (Å²) in [5.41, 5.74) is 5.52. The first-order valence-corrected chi connectivity index (χ1v) is 10.5. The van der Waals surface area contributed by atoms with Gasteiger partial charge in [-0.2, -0.15) is 4.98 Å². The Morgan fingerprint density at radius 3 is 2.48 bits per heavy atom. The molecule has 1 heterocycles. The lowest BCUT2D eigenvalue weighted by atomic mass is 10.0. The van der Waals surface area contributed by atoms with Gasteiger partial charge < -0.3 is 14.0 Å². The number of hydrogen-bond donors (Lipinski definition) is 0. The number of esters is 1. The van der Waals surface area contributed by atoms with Crippen LogP contribution in [0.4, 0.5) is 0 Å². The molecule has 1 aliphatic carbocycles. The lowest BCUT2D eigenvalue weighted by molar-refractivity contribution is 0.0474. The van der Waals surface area contributed by atoms with E-state index in [1.807, 2.05) is 24.3 Å². The number of hydrogen-bond acceptors (Lipinski definition) is 7. The summed E-state index contributed by atoms with van der Waals surface area (Å²) in [6.07, 6.45) is 0.864. The molecule has 0 N–H and O–H groups in total. The largest absolute Gasteiger partial charge is 0.485 e. The summed E-state index contributed by atoms with van der Waals surface area (Å²) in [6.45, 7) is 1.53. The Kier molecular flexibility index (Phi) is 5.44. The summed E-state index contributed by atoms with van der Waals surface area (Å²) >= 11 is 0. The monoisotopic (exact) mass is 440 g/mol. The Balaban J connectivity index is 1.18. The lowest BCUT2D eigenvalue weighted by Crippen LogP contribution is -2.14. The summed E-state index contributed by atoms with van der Waals surface area (Å²) in [5, 5.41) is 3.76. The Morgan fingerprint density at radius 2 is 1.70 bits per heavy atom. The first kappa shape index (κ1) is 20.6. The molecule has 164 valence electrons. The minimum Gasteiger partial charge on any atom is -0.485 e. The van der Waals surface area contributed by atoms with Crippen LogP contribution in [0.15, 0.2) is 71.3 Å². The van der Waals surface area contributed by atoms with E-state index >= 15 is 0 Å². The Hall–Kier alpha value is -4.26. The average Bonchev–Trinajstić information content (AvgIpc) is 3.43.